The van der Waals surface area contributed by atoms with Crippen molar-refractivity contribution in [3.05, 3.63) is 77.4 Å². The van der Waals surface area contributed by atoms with Crippen LogP contribution in [0.5, 0.6) is 17.2 Å². The maximum absolute atomic E-state index is 13.1. The third kappa shape index (κ3) is 7.24. The molecule has 0 saturated heterocycles. The van der Waals surface area contributed by atoms with Crippen LogP contribution in [0.25, 0.3) is 0 Å². The van der Waals surface area contributed by atoms with Gasteiger partial charge in [-0.3, -0.25) is 9.69 Å². The number of phenolic OH excluding ortho intramolecular Hbond substituents is 1. The van der Waals surface area contributed by atoms with Crippen molar-refractivity contribution in [3.63, 3.8) is 0 Å². The molecule has 37 heavy (non-hydrogen) atoms. The van der Waals surface area contributed by atoms with E-state index >= 15 is 0 Å². The van der Waals surface area contributed by atoms with Crippen LogP contribution < -0.4 is 19.7 Å². The highest BCUT2D eigenvalue weighted by Gasteiger charge is 2.23. The number of anilines is 2. The fourth-order valence-corrected chi connectivity index (χ4v) is 3.64. The Labute approximate surface area is 217 Å². The summed E-state index contributed by atoms with van der Waals surface area (Å²) in [6, 6.07) is 18.4. The molecule has 3 aromatic rings. The number of amides is 2. The maximum Gasteiger partial charge on any atom is 0.419 e. The number of unbranched alkanes of at least 4 members (excludes halogenated alkanes) is 1. The molecule has 1 atom stereocenters. The highest BCUT2D eigenvalue weighted by atomic mass is 16.6. The van der Waals surface area contributed by atoms with E-state index in [0.29, 0.717) is 23.4 Å². The number of hydrogen-bond donors (Lipinski definition) is 2. The quantitative estimate of drug-likeness (QED) is 0.343. The first kappa shape index (κ1) is 27.1. The van der Waals surface area contributed by atoms with Gasteiger partial charge in [0.1, 0.15) is 17.2 Å². The summed E-state index contributed by atoms with van der Waals surface area (Å²) in [4.78, 5) is 26.8. The number of rotatable bonds is 9. The van der Waals surface area contributed by atoms with Crippen LogP contribution in [0.15, 0.2) is 60.7 Å². The third-order valence-corrected chi connectivity index (χ3v) is 5.80. The lowest BCUT2D eigenvalue weighted by atomic mass is 10.1. The van der Waals surface area contributed by atoms with Gasteiger partial charge in [0.2, 0.25) is 0 Å². The van der Waals surface area contributed by atoms with Crippen molar-refractivity contribution in [1.82, 2.24) is 0 Å². The molecule has 3 rings (SSSR count). The average molecular weight is 502 g/mol. The van der Waals surface area contributed by atoms with Gasteiger partial charge in [-0.25, -0.2) is 4.79 Å². The Morgan fingerprint density at radius 2 is 1.81 bits per heavy atom. The van der Waals surface area contributed by atoms with Crippen LogP contribution in [-0.4, -0.2) is 30.3 Å². The molecule has 2 N–H and O–H groups in total. The molecular formula is C29H31N3O5. The van der Waals surface area contributed by atoms with Gasteiger partial charge in [0.25, 0.3) is 5.91 Å². The number of ether oxygens (including phenoxy) is 2. The summed E-state index contributed by atoms with van der Waals surface area (Å²) < 4.78 is 11.4. The smallest absolute Gasteiger partial charge is 0.419 e. The molecule has 192 valence electrons. The summed E-state index contributed by atoms with van der Waals surface area (Å²) in [7, 11) is 1.50. The molecule has 1 unspecified atom stereocenters. The number of aryl methyl sites for hydroxylation is 2. The molecule has 0 aliphatic heterocycles. The maximum atomic E-state index is 13.1. The minimum Gasteiger partial charge on any atom is -0.506 e. The van der Waals surface area contributed by atoms with Gasteiger partial charge in [-0.05, 0) is 74.7 Å². The van der Waals surface area contributed by atoms with Gasteiger partial charge in [-0.15, -0.1) is 0 Å². The summed E-state index contributed by atoms with van der Waals surface area (Å²) in [5.74, 6) is 0.351. The van der Waals surface area contributed by atoms with E-state index < -0.39 is 12.2 Å². The number of aromatic hydroxyl groups is 1. The molecule has 0 bridgehead atoms. The van der Waals surface area contributed by atoms with Gasteiger partial charge < -0.3 is 19.9 Å². The molecule has 8 heteroatoms. The summed E-state index contributed by atoms with van der Waals surface area (Å²) in [6.07, 6.45) is 0.830. The Morgan fingerprint density at radius 1 is 1.08 bits per heavy atom. The lowest BCUT2D eigenvalue weighted by Gasteiger charge is -2.21. The number of phenols is 1. The van der Waals surface area contributed by atoms with E-state index in [1.807, 2.05) is 45.0 Å². The van der Waals surface area contributed by atoms with E-state index in [4.69, 9.17) is 14.7 Å². The van der Waals surface area contributed by atoms with Crippen LogP contribution in [0, 0.1) is 25.2 Å². The summed E-state index contributed by atoms with van der Waals surface area (Å²) in [5.41, 5.74) is 3.07. The first-order chi connectivity index (χ1) is 17.7. The second kappa shape index (κ2) is 12.5. The molecule has 0 heterocycles. The van der Waals surface area contributed by atoms with Gasteiger partial charge in [-0.2, -0.15) is 5.26 Å². The number of nitrogens with one attached hydrogen (secondary N) is 1. The Bertz CT molecular complexity index is 1300. The lowest BCUT2D eigenvalue weighted by Crippen LogP contribution is -2.33. The van der Waals surface area contributed by atoms with Gasteiger partial charge >= 0.3 is 6.09 Å². The minimum atomic E-state index is -0.731. The zero-order chi connectivity index (χ0) is 26.9. The van der Waals surface area contributed by atoms with Crippen LogP contribution in [-0.2, 0) is 4.79 Å². The van der Waals surface area contributed by atoms with Crippen molar-refractivity contribution >= 4 is 23.4 Å². The predicted octanol–water partition coefficient (Wildman–Crippen LogP) is 6.09. The molecule has 3 aromatic carbocycles. The van der Waals surface area contributed by atoms with Crippen LogP contribution in [0.1, 0.15) is 42.9 Å². The second-order valence-electron chi connectivity index (χ2n) is 8.77. The number of nitrogens with zero attached hydrogens (tertiary/aromatic N) is 2. The fourth-order valence-electron chi connectivity index (χ4n) is 3.64. The summed E-state index contributed by atoms with van der Waals surface area (Å²) in [6.45, 7) is 5.97. The molecule has 8 nitrogen and oxygen atoms in total. The highest BCUT2D eigenvalue weighted by molar-refractivity contribution is 5.96. The van der Waals surface area contributed by atoms with Gasteiger partial charge in [0, 0.05) is 13.1 Å². The SMILES string of the molecule is CCCCC(Oc1ccc(C)cc1C)C(=O)Nc1ccc(N(C)C(=O)Oc2ccc(C#N)cc2)cc1O. The molecule has 0 saturated carbocycles. The van der Waals surface area contributed by atoms with Crippen LogP contribution >= 0.6 is 0 Å². The molecular weight excluding hydrogens is 470 g/mol. The Hall–Kier alpha value is -4.51. The minimum absolute atomic E-state index is 0.202. The first-order valence-electron chi connectivity index (χ1n) is 12.0. The van der Waals surface area contributed by atoms with Crippen molar-refractivity contribution in [2.45, 2.75) is 46.1 Å². The fraction of sp³-hybridized carbons (Fsp3) is 0.276. The van der Waals surface area contributed by atoms with Crippen molar-refractivity contribution in [2.75, 3.05) is 17.3 Å². The van der Waals surface area contributed by atoms with E-state index in [1.54, 1.807) is 18.2 Å². The molecule has 0 aromatic heterocycles. The van der Waals surface area contributed by atoms with Crippen LogP contribution in [0.2, 0.25) is 0 Å². The standard InChI is InChI=1S/C29H31N3O5/c1-5-6-7-27(37-26-15-8-19(2)16-20(26)3)28(34)31-24-14-11-22(17-25(24)33)32(4)29(35)36-23-12-9-21(18-30)10-13-23/h8-17,27,33H,5-7H2,1-4H3,(H,31,34). The third-order valence-electron chi connectivity index (χ3n) is 5.80. The molecule has 0 aliphatic rings. The van der Waals surface area contributed by atoms with Crippen molar-refractivity contribution in [3.8, 4) is 23.3 Å². The van der Waals surface area contributed by atoms with E-state index in [2.05, 4.69) is 5.32 Å². The Balaban J connectivity index is 1.69. The molecule has 0 fully saturated rings. The first-order valence-corrected chi connectivity index (χ1v) is 12.0. The normalized spacial score (nSPS) is 11.2. The Kier molecular flexibility index (Phi) is 9.11. The highest BCUT2D eigenvalue weighted by Crippen LogP contribution is 2.30. The van der Waals surface area contributed by atoms with Crippen molar-refractivity contribution in [2.24, 2.45) is 0 Å². The molecule has 0 aliphatic carbocycles. The van der Waals surface area contributed by atoms with Gasteiger partial charge in [0.05, 0.1) is 23.0 Å². The number of carbonyl (C=O) groups excluding carboxylic acids is 2. The zero-order valence-corrected chi connectivity index (χ0v) is 21.4. The number of benzene rings is 3. The van der Waals surface area contributed by atoms with Crippen molar-refractivity contribution in [1.29, 1.82) is 5.26 Å². The van der Waals surface area contributed by atoms with Gasteiger partial charge in [-0.1, -0.05) is 31.0 Å². The summed E-state index contributed by atoms with van der Waals surface area (Å²) >= 11 is 0. The van der Waals surface area contributed by atoms with Crippen LogP contribution in [0.4, 0.5) is 16.2 Å². The largest absolute Gasteiger partial charge is 0.506 e. The van der Waals surface area contributed by atoms with Crippen LogP contribution in [0.3, 0.4) is 0 Å². The number of carbonyl (C=O) groups is 2. The average Bonchev–Trinajstić information content (AvgIpc) is 2.88. The monoisotopic (exact) mass is 501 g/mol. The zero-order valence-electron chi connectivity index (χ0n) is 21.4. The predicted molar refractivity (Wildman–Crippen MR) is 142 cm³/mol. The number of nitriles is 1. The topological polar surface area (TPSA) is 112 Å². The van der Waals surface area contributed by atoms with E-state index in [-0.39, 0.29) is 23.1 Å². The molecule has 2 amide bonds. The van der Waals surface area contributed by atoms with E-state index in [9.17, 15) is 14.7 Å². The molecule has 0 radical (unpaired) electrons. The second-order valence-corrected chi connectivity index (χ2v) is 8.77. The van der Waals surface area contributed by atoms with Crippen molar-refractivity contribution < 1.29 is 24.2 Å². The number of hydrogen-bond acceptors (Lipinski definition) is 6. The van der Waals surface area contributed by atoms with E-state index in [1.165, 1.54) is 36.2 Å². The van der Waals surface area contributed by atoms with Gasteiger partial charge in [0.15, 0.2) is 6.10 Å². The lowest BCUT2D eigenvalue weighted by molar-refractivity contribution is -0.123. The Morgan fingerprint density at radius 3 is 2.43 bits per heavy atom. The van der Waals surface area contributed by atoms with E-state index in [0.717, 1.165) is 24.0 Å². The molecule has 0 spiro atoms. The summed E-state index contributed by atoms with van der Waals surface area (Å²) in [5, 5.41) is 22.2.